The Kier molecular flexibility index (Phi) is 6.87. The van der Waals surface area contributed by atoms with E-state index in [1.807, 2.05) is 12.3 Å². The summed E-state index contributed by atoms with van der Waals surface area (Å²) in [6.45, 7) is 7.66. The van der Waals surface area contributed by atoms with Crippen LogP contribution in [-0.2, 0) is 0 Å². The smallest absolute Gasteiger partial charge is 0.0420 e. The van der Waals surface area contributed by atoms with E-state index in [-0.39, 0.29) is 0 Å². The number of aromatic nitrogens is 1. The largest absolute Gasteiger partial charge is 0.310 e. The van der Waals surface area contributed by atoms with Crippen LogP contribution < -0.4 is 5.32 Å². The van der Waals surface area contributed by atoms with Crippen LogP contribution in [0.2, 0.25) is 0 Å². The van der Waals surface area contributed by atoms with Crippen LogP contribution in [0.25, 0.3) is 0 Å². The van der Waals surface area contributed by atoms with Crippen LogP contribution >= 0.6 is 0 Å². The molecule has 0 aliphatic rings. The number of nitrogens with one attached hydrogen (secondary N) is 1. The fourth-order valence-corrected chi connectivity index (χ4v) is 2.15. The van der Waals surface area contributed by atoms with Crippen LogP contribution in [0.5, 0.6) is 0 Å². The number of unbranched alkanes of at least 4 members (excludes halogenated alkanes) is 2. The molecular formula is C15H26N2. The summed E-state index contributed by atoms with van der Waals surface area (Å²) in [7, 11) is 0. The molecule has 17 heavy (non-hydrogen) atoms. The van der Waals surface area contributed by atoms with E-state index in [4.69, 9.17) is 0 Å². The summed E-state index contributed by atoms with van der Waals surface area (Å²) in [5.41, 5.74) is 2.54. The van der Waals surface area contributed by atoms with Gasteiger partial charge >= 0.3 is 0 Å². The van der Waals surface area contributed by atoms with Crippen LogP contribution in [0.3, 0.4) is 0 Å². The SMILES string of the molecule is CCCCCC(NCCC)c1cccnc1C. The second-order valence-electron chi connectivity index (χ2n) is 4.68. The minimum atomic E-state index is 0.482. The summed E-state index contributed by atoms with van der Waals surface area (Å²) < 4.78 is 0. The Labute approximate surface area is 106 Å². The molecule has 1 aromatic rings. The first-order chi connectivity index (χ1) is 8.29. The van der Waals surface area contributed by atoms with Gasteiger partial charge in [-0.3, -0.25) is 4.98 Å². The molecular weight excluding hydrogens is 208 g/mol. The Hall–Kier alpha value is -0.890. The van der Waals surface area contributed by atoms with Gasteiger partial charge in [0.2, 0.25) is 0 Å². The molecule has 0 fully saturated rings. The van der Waals surface area contributed by atoms with E-state index < -0.39 is 0 Å². The second-order valence-corrected chi connectivity index (χ2v) is 4.68. The van der Waals surface area contributed by atoms with Crippen molar-refractivity contribution in [1.29, 1.82) is 0 Å². The highest BCUT2D eigenvalue weighted by Gasteiger charge is 2.12. The lowest BCUT2D eigenvalue weighted by Gasteiger charge is -2.20. The van der Waals surface area contributed by atoms with Gasteiger partial charge in [0.05, 0.1) is 0 Å². The lowest BCUT2D eigenvalue weighted by atomic mass is 9.99. The number of pyridine rings is 1. The topological polar surface area (TPSA) is 24.9 Å². The van der Waals surface area contributed by atoms with Gasteiger partial charge in [0.15, 0.2) is 0 Å². The van der Waals surface area contributed by atoms with E-state index in [9.17, 15) is 0 Å². The third-order valence-corrected chi connectivity index (χ3v) is 3.16. The Morgan fingerprint density at radius 1 is 1.24 bits per heavy atom. The average molecular weight is 234 g/mol. The van der Waals surface area contributed by atoms with E-state index in [0.29, 0.717) is 6.04 Å². The van der Waals surface area contributed by atoms with Gasteiger partial charge in [-0.15, -0.1) is 0 Å². The molecule has 0 aliphatic heterocycles. The molecule has 0 saturated carbocycles. The molecule has 0 aliphatic carbocycles. The molecule has 0 spiro atoms. The summed E-state index contributed by atoms with van der Waals surface area (Å²) >= 11 is 0. The van der Waals surface area contributed by atoms with Crippen molar-refractivity contribution in [1.82, 2.24) is 10.3 Å². The maximum Gasteiger partial charge on any atom is 0.0420 e. The molecule has 0 radical (unpaired) electrons. The fraction of sp³-hybridized carbons (Fsp3) is 0.667. The molecule has 1 N–H and O–H groups in total. The van der Waals surface area contributed by atoms with Crippen molar-refractivity contribution in [2.75, 3.05) is 6.54 Å². The molecule has 0 bridgehead atoms. The molecule has 1 atom stereocenters. The minimum absolute atomic E-state index is 0.482. The number of hydrogen-bond acceptors (Lipinski definition) is 2. The zero-order valence-electron chi connectivity index (χ0n) is 11.5. The van der Waals surface area contributed by atoms with Crippen LogP contribution in [0.1, 0.15) is 63.3 Å². The van der Waals surface area contributed by atoms with E-state index in [0.717, 1.165) is 12.2 Å². The van der Waals surface area contributed by atoms with E-state index in [2.05, 4.69) is 37.1 Å². The predicted molar refractivity (Wildman–Crippen MR) is 74.2 cm³/mol. The van der Waals surface area contributed by atoms with Crippen LogP contribution in [0.4, 0.5) is 0 Å². The van der Waals surface area contributed by atoms with Gasteiger partial charge in [-0.25, -0.2) is 0 Å². The van der Waals surface area contributed by atoms with Gasteiger partial charge in [0.1, 0.15) is 0 Å². The van der Waals surface area contributed by atoms with Gasteiger partial charge in [-0.1, -0.05) is 39.2 Å². The highest BCUT2D eigenvalue weighted by molar-refractivity contribution is 5.22. The van der Waals surface area contributed by atoms with Crippen LogP contribution in [0.15, 0.2) is 18.3 Å². The van der Waals surface area contributed by atoms with E-state index in [1.54, 1.807) is 0 Å². The third-order valence-electron chi connectivity index (χ3n) is 3.16. The summed E-state index contributed by atoms with van der Waals surface area (Å²) in [5, 5.41) is 3.65. The number of nitrogens with zero attached hydrogens (tertiary/aromatic N) is 1. The fourth-order valence-electron chi connectivity index (χ4n) is 2.15. The Morgan fingerprint density at radius 3 is 2.71 bits per heavy atom. The van der Waals surface area contributed by atoms with Crippen LogP contribution in [-0.4, -0.2) is 11.5 Å². The summed E-state index contributed by atoms with van der Waals surface area (Å²) in [5.74, 6) is 0. The predicted octanol–water partition coefficient (Wildman–Crippen LogP) is 4.01. The highest BCUT2D eigenvalue weighted by Crippen LogP contribution is 2.21. The molecule has 96 valence electrons. The molecule has 0 saturated heterocycles. The number of rotatable bonds is 8. The normalized spacial score (nSPS) is 12.6. The Balaban J connectivity index is 2.64. The summed E-state index contributed by atoms with van der Waals surface area (Å²) in [6.07, 6.45) is 8.19. The highest BCUT2D eigenvalue weighted by atomic mass is 14.9. The molecule has 0 amide bonds. The summed E-state index contributed by atoms with van der Waals surface area (Å²) in [6, 6.07) is 4.74. The molecule has 1 aromatic heterocycles. The van der Waals surface area contributed by atoms with E-state index >= 15 is 0 Å². The maximum absolute atomic E-state index is 4.40. The molecule has 0 aromatic carbocycles. The monoisotopic (exact) mass is 234 g/mol. The second kappa shape index (κ2) is 8.24. The van der Waals surface area contributed by atoms with E-state index in [1.165, 1.54) is 37.7 Å². The van der Waals surface area contributed by atoms with Crippen molar-refractivity contribution >= 4 is 0 Å². The van der Waals surface area contributed by atoms with Crippen molar-refractivity contribution < 1.29 is 0 Å². The van der Waals surface area contributed by atoms with Crippen LogP contribution in [0, 0.1) is 6.92 Å². The lowest BCUT2D eigenvalue weighted by molar-refractivity contribution is 0.471. The molecule has 1 heterocycles. The quantitative estimate of drug-likeness (QED) is 0.687. The standard InChI is InChI=1S/C15H26N2/c1-4-6-7-10-15(17-11-5-2)14-9-8-12-16-13(14)3/h8-9,12,15,17H,4-7,10-11H2,1-3H3. The molecule has 2 heteroatoms. The van der Waals surface area contributed by atoms with Crippen molar-refractivity contribution in [2.45, 2.75) is 58.9 Å². The van der Waals surface area contributed by atoms with Crippen molar-refractivity contribution in [3.05, 3.63) is 29.6 Å². The Bertz CT molecular complexity index is 310. The maximum atomic E-state index is 4.40. The van der Waals surface area contributed by atoms with Gasteiger partial charge in [-0.2, -0.15) is 0 Å². The first-order valence-corrected chi connectivity index (χ1v) is 6.94. The van der Waals surface area contributed by atoms with Crippen molar-refractivity contribution in [3.8, 4) is 0 Å². The number of aryl methyl sites for hydroxylation is 1. The number of hydrogen-bond donors (Lipinski definition) is 1. The Morgan fingerprint density at radius 2 is 2.06 bits per heavy atom. The van der Waals surface area contributed by atoms with Crippen molar-refractivity contribution in [2.24, 2.45) is 0 Å². The molecule has 2 nitrogen and oxygen atoms in total. The molecule has 1 unspecified atom stereocenters. The lowest BCUT2D eigenvalue weighted by Crippen LogP contribution is -2.23. The average Bonchev–Trinajstić information content (AvgIpc) is 2.35. The van der Waals surface area contributed by atoms with Gasteiger partial charge in [0.25, 0.3) is 0 Å². The third kappa shape index (κ3) is 4.86. The first-order valence-electron chi connectivity index (χ1n) is 6.94. The zero-order valence-corrected chi connectivity index (χ0v) is 11.5. The van der Waals surface area contributed by atoms with Crippen molar-refractivity contribution in [3.63, 3.8) is 0 Å². The minimum Gasteiger partial charge on any atom is -0.310 e. The summed E-state index contributed by atoms with van der Waals surface area (Å²) in [4.78, 5) is 4.40. The first kappa shape index (κ1) is 14.2. The van der Waals surface area contributed by atoms with Gasteiger partial charge < -0.3 is 5.32 Å². The molecule has 1 rings (SSSR count). The zero-order chi connectivity index (χ0) is 12.5. The van der Waals surface area contributed by atoms with Gasteiger partial charge in [-0.05, 0) is 37.9 Å². The van der Waals surface area contributed by atoms with Gasteiger partial charge in [0, 0.05) is 17.9 Å².